The molecule has 0 aliphatic heterocycles. The Hall–Kier alpha value is -4.27. The molecule has 36 heavy (non-hydrogen) atoms. The zero-order valence-corrected chi connectivity index (χ0v) is 20.2. The van der Waals surface area contributed by atoms with E-state index in [1.807, 2.05) is 6.07 Å². The highest BCUT2D eigenvalue weighted by Gasteiger charge is 2.21. The molecule has 6 rings (SSSR count). The first kappa shape index (κ1) is 22.2. The highest BCUT2D eigenvalue weighted by Crippen LogP contribution is 2.27. The maximum Gasteiger partial charge on any atom is 0.269 e. The Labute approximate surface area is 210 Å². The summed E-state index contributed by atoms with van der Waals surface area (Å²) in [4.78, 5) is 23.0. The van der Waals surface area contributed by atoms with E-state index >= 15 is 0 Å². The largest absolute Gasteiger partial charge is 0.269 e. The molecule has 3 aromatic carbocycles. The maximum atomic E-state index is 13.6. The van der Waals surface area contributed by atoms with Crippen molar-refractivity contribution < 1.29 is 8.42 Å². The van der Waals surface area contributed by atoms with Crippen LogP contribution in [0.25, 0.3) is 39.0 Å². The second-order valence-electron chi connectivity index (χ2n) is 8.14. The number of para-hydroxylation sites is 1. The lowest BCUT2D eigenvalue weighted by molar-refractivity contribution is 0.589. The molecule has 0 bridgehead atoms. The van der Waals surface area contributed by atoms with Gasteiger partial charge in [-0.15, -0.1) is 0 Å². The molecule has 3 aromatic heterocycles. The van der Waals surface area contributed by atoms with Gasteiger partial charge < -0.3 is 0 Å². The number of fused-ring (bicyclic) bond motifs is 2. The number of benzene rings is 3. The number of nitrogens with zero attached hydrogens (tertiary/aromatic N) is 4. The Morgan fingerprint density at radius 2 is 1.56 bits per heavy atom. The SMILES string of the molecule is O=c1c2ccccc2nc(-c2cnc3c(ccn3S(=O)(=O)c3ccccc3)c2)n1-c1ccc(Cl)cc1. The van der Waals surface area contributed by atoms with Crippen molar-refractivity contribution >= 4 is 43.6 Å². The molecular formula is C27H17ClN4O3S. The minimum Gasteiger partial charge on any atom is -0.268 e. The van der Waals surface area contributed by atoms with E-state index in [-0.39, 0.29) is 16.1 Å². The molecule has 0 amide bonds. The van der Waals surface area contributed by atoms with E-state index in [0.717, 1.165) is 3.97 Å². The summed E-state index contributed by atoms with van der Waals surface area (Å²) in [7, 11) is -3.82. The van der Waals surface area contributed by atoms with Crippen molar-refractivity contribution in [1.29, 1.82) is 0 Å². The first-order valence-corrected chi connectivity index (χ1v) is 12.8. The molecule has 9 heteroatoms. The minimum absolute atomic E-state index is 0.168. The summed E-state index contributed by atoms with van der Waals surface area (Å²) in [5.41, 5.74) is 1.76. The molecule has 176 valence electrons. The van der Waals surface area contributed by atoms with E-state index < -0.39 is 10.0 Å². The minimum atomic E-state index is -3.82. The van der Waals surface area contributed by atoms with Crippen molar-refractivity contribution in [2.75, 3.05) is 0 Å². The average Bonchev–Trinajstić information content (AvgIpc) is 3.34. The number of pyridine rings is 1. The van der Waals surface area contributed by atoms with Gasteiger partial charge in [0.1, 0.15) is 5.82 Å². The van der Waals surface area contributed by atoms with Crippen LogP contribution in [0.5, 0.6) is 0 Å². The Bertz CT molecular complexity index is 1930. The molecule has 0 N–H and O–H groups in total. The van der Waals surface area contributed by atoms with Crippen LogP contribution in [0, 0.1) is 0 Å². The highest BCUT2D eigenvalue weighted by molar-refractivity contribution is 7.90. The first-order chi connectivity index (χ1) is 17.4. The smallest absolute Gasteiger partial charge is 0.268 e. The summed E-state index contributed by atoms with van der Waals surface area (Å²) < 4.78 is 29.0. The van der Waals surface area contributed by atoms with Crippen molar-refractivity contribution in [2.45, 2.75) is 4.90 Å². The first-order valence-electron chi connectivity index (χ1n) is 11.0. The van der Waals surface area contributed by atoms with Gasteiger partial charge >= 0.3 is 0 Å². The molecule has 0 aliphatic carbocycles. The van der Waals surface area contributed by atoms with Gasteiger partial charge in [0.05, 0.1) is 21.5 Å². The Kier molecular flexibility index (Phi) is 5.21. The fourth-order valence-electron chi connectivity index (χ4n) is 4.18. The number of hydrogen-bond donors (Lipinski definition) is 0. The van der Waals surface area contributed by atoms with Gasteiger partial charge in [0.25, 0.3) is 15.6 Å². The van der Waals surface area contributed by atoms with E-state index in [9.17, 15) is 13.2 Å². The maximum absolute atomic E-state index is 13.6. The second kappa shape index (κ2) is 8.44. The number of hydrogen-bond acceptors (Lipinski definition) is 5. The van der Waals surface area contributed by atoms with Crippen LogP contribution in [0.2, 0.25) is 5.02 Å². The van der Waals surface area contributed by atoms with Gasteiger partial charge in [-0.05, 0) is 60.7 Å². The van der Waals surface area contributed by atoms with Gasteiger partial charge in [0, 0.05) is 28.4 Å². The van der Waals surface area contributed by atoms with Crippen molar-refractivity contribution in [1.82, 2.24) is 18.5 Å². The van der Waals surface area contributed by atoms with Crippen LogP contribution in [-0.4, -0.2) is 26.9 Å². The van der Waals surface area contributed by atoms with Gasteiger partial charge in [-0.1, -0.05) is 41.9 Å². The third-order valence-corrected chi connectivity index (χ3v) is 7.84. The van der Waals surface area contributed by atoms with E-state index in [1.54, 1.807) is 84.9 Å². The van der Waals surface area contributed by atoms with Gasteiger partial charge in [-0.25, -0.2) is 22.4 Å². The van der Waals surface area contributed by atoms with Crippen LogP contribution < -0.4 is 5.56 Å². The summed E-state index contributed by atoms with van der Waals surface area (Å²) in [5.74, 6) is 0.383. The van der Waals surface area contributed by atoms with E-state index in [1.165, 1.54) is 17.0 Å². The Morgan fingerprint density at radius 3 is 2.33 bits per heavy atom. The van der Waals surface area contributed by atoms with E-state index in [4.69, 9.17) is 16.6 Å². The normalized spacial score (nSPS) is 11.8. The van der Waals surface area contributed by atoms with Crippen molar-refractivity contribution in [3.05, 3.63) is 119 Å². The fraction of sp³-hybridized carbons (Fsp3) is 0. The van der Waals surface area contributed by atoms with Gasteiger partial charge in [-0.2, -0.15) is 0 Å². The third-order valence-electron chi connectivity index (χ3n) is 5.91. The molecule has 0 radical (unpaired) electrons. The van der Waals surface area contributed by atoms with Crippen LogP contribution in [0.4, 0.5) is 0 Å². The third kappa shape index (κ3) is 3.59. The zero-order valence-electron chi connectivity index (χ0n) is 18.6. The highest BCUT2D eigenvalue weighted by atomic mass is 35.5. The average molecular weight is 513 g/mol. The fourth-order valence-corrected chi connectivity index (χ4v) is 5.63. The molecule has 0 saturated heterocycles. The summed E-state index contributed by atoms with van der Waals surface area (Å²) in [6.07, 6.45) is 3.01. The molecule has 0 atom stereocenters. The number of rotatable bonds is 4. The molecule has 0 unspecified atom stereocenters. The van der Waals surface area contributed by atoms with E-state index in [0.29, 0.717) is 38.4 Å². The van der Waals surface area contributed by atoms with Crippen LogP contribution in [0.15, 0.2) is 113 Å². The topological polar surface area (TPSA) is 86.8 Å². The lowest BCUT2D eigenvalue weighted by Crippen LogP contribution is -2.22. The van der Waals surface area contributed by atoms with Gasteiger partial charge in [0.15, 0.2) is 5.65 Å². The molecular weight excluding hydrogens is 496 g/mol. The monoisotopic (exact) mass is 512 g/mol. The second-order valence-corrected chi connectivity index (χ2v) is 10.4. The number of halogens is 1. The zero-order chi connectivity index (χ0) is 24.9. The van der Waals surface area contributed by atoms with Crippen LogP contribution >= 0.6 is 11.6 Å². The van der Waals surface area contributed by atoms with Crippen LogP contribution in [-0.2, 0) is 10.0 Å². The standard InChI is InChI=1S/C27H17ClN4O3S/c28-20-10-12-21(13-11-20)32-26(30-24-9-5-4-8-23(24)27(32)33)19-16-18-14-15-31(25(18)29-17-19)36(34,35)22-6-2-1-3-7-22/h1-17H. The summed E-state index contributed by atoms with van der Waals surface area (Å²) in [6, 6.07) is 25.7. The molecule has 0 spiro atoms. The van der Waals surface area contributed by atoms with Crippen molar-refractivity contribution in [3.63, 3.8) is 0 Å². The van der Waals surface area contributed by atoms with Crippen molar-refractivity contribution in [2.24, 2.45) is 0 Å². The van der Waals surface area contributed by atoms with Gasteiger partial charge in [-0.3, -0.25) is 9.36 Å². The molecule has 6 aromatic rings. The quantitative estimate of drug-likeness (QED) is 0.320. The molecule has 0 saturated carbocycles. The van der Waals surface area contributed by atoms with Gasteiger partial charge in [0.2, 0.25) is 0 Å². The van der Waals surface area contributed by atoms with E-state index in [2.05, 4.69) is 4.98 Å². The number of aromatic nitrogens is 4. The summed E-state index contributed by atoms with van der Waals surface area (Å²) in [6.45, 7) is 0. The lowest BCUT2D eigenvalue weighted by Gasteiger charge is -2.14. The molecule has 3 heterocycles. The molecule has 7 nitrogen and oxygen atoms in total. The Balaban J connectivity index is 1.57. The molecule has 0 fully saturated rings. The van der Waals surface area contributed by atoms with Crippen LogP contribution in [0.1, 0.15) is 0 Å². The Morgan fingerprint density at radius 1 is 0.833 bits per heavy atom. The summed E-state index contributed by atoms with van der Waals surface area (Å²) >= 11 is 6.08. The van der Waals surface area contributed by atoms with Crippen molar-refractivity contribution in [3.8, 4) is 17.1 Å². The predicted molar refractivity (Wildman–Crippen MR) is 140 cm³/mol. The lowest BCUT2D eigenvalue weighted by atomic mass is 10.1. The van der Waals surface area contributed by atoms with Crippen LogP contribution in [0.3, 0.4) is 0 Å². The molecule has 0 aliphatic rings. The summed E-state index contributed by atoms with van der Waals surface area (Å²) in [5, 5.41) is 1.62. The predicted octanol–water partition coefficient (Wildman–Crippen LogP) is 5.29.